The lowest BCUT2D eigenvalue weighted by atomic mass is 9.81. The zero-order valence-electron chi connectivity index (χ0n) is 24.8. The van der Waals surface area contributed by atoms with Gasteiger partial charge in [-0.05, 0) is 60.4 Å². The summed E-state index contributed by atoms with van der Waals surface area (Å²) in [4.78, 5) is 26.7. The van der Waals surface area contributed by atoms with E-state index in [0.29, 0.717) is 62.9 Å². The second-order valence-corrected chi connectivity index (χ2v) is 11.0. The second-order valence-electron chi connectivity index (χ2n) is 11.0. The normalized spacial score (nSPS) is 16.2. The summed E-state index contributed by atoms with van der Waals surface area (Å²) in [6, 6.07) is 32.8. The van der Waals surface area contributed by atoms with Crippen LogP contribution in [0.25, 0.3) is 0 Å². The summed E-state index contributed by atoms with van der Waals surface area (Å²) >= 11 is 0. The van der Waals surface area contributed by atoms with E-state index in [1.807, 2.05) is 103 Å². The number of ether oxygens (including phenoxy) is 3. The van der Waals surface area contributed by atoms with Crippen molar-refractivity contribution in [2.45, 2.75) is 57.5 Å². The molecule has 1 fully saturated rings. The van der Waals surface area contributed by atoms with Gasteiger partial charge in [-0.1, -0.05) is 97.1 Å². The molecule has 1 heterocycles. The number of primary amides is 2. The average Bonchev–Trinajstić information content (AvgIpc) is 3.06. The molecular weight excluding hydrogens is 554 g/mol. The molecule has 8 heteroatoms. The molecule has 1 aliphatic heterocycles. The standard InChI is InChI=1S/C36H39N3O5/c37-34(40)36(21-10-11-23-39(36)35(38)41)22-20-30-18-19-31(42-24-27-12-4-1-5-13-27)33(44-26-29-16-8-3-9-17-29)32(30)43-25-28-14-6-2-7-15-28/h1-9,12-19H,10-11,20-26H2,(H2,37,40)(H2,38,41). The van der Waals surface area contributed by atoms with Gasteiger partial charge in [-0.2, -0.15) is 0 Å². The second kappa shape index (κ2) is 14.5. The number of aryl methyl sites for hydroxylation is 1. The molecule has 44 heavy (non-hydrogen) atoms. The Morgan fingerprint density at radius 2 is 1.18 bits per heavy atom. The summed E-state index contributed by atoms with van der Waals surface area (Å²) in [5, 5.41) is 0. The fourth-order valence-corrected chi connectivity index (χ4v) is 5.72. The third-order valence-electron chi connectivity index (χ3n) is 8.12. The van der Waals surface area contributed by atoms with Gasteiger partial charge in [-0.15, -0.1) is 0 Å². The molecule has 0 saturated carbocycles. The molecule has 1 atom stereocenters. The van der Waals surface area contributed by atoms with Crippen LogP contribution in [0.2, 0.25) is 0 Å². The number of piperidine rings is 1. The maximum atomic E-state index is 12.9. The van der Waals surface area contributed by atoms with Crippen molar-refractivity contribution in [3.8, 4) is 17.2 Å². The van der Waals surface area contributed by atoms with Gasteiger partial charge in [0.25, 0.3) is 0 Å². The van der Waals surface area contributed by atoms with Crippen LogP contribution < -0.4 is 25.7 Å². The van der Waals surface area contributed by atoms with Crippen molar-refractivity contribution < 1.29 is 23.8 Å². The number of carbonyl (C=O) groups excluding carboxylic acids is 2. The molecule has 4 aromatic carbocycles. The molecule has 0 spiro atoms. The van der Waals surface area contributed by atoms with Gasteiger partial charge >= 0.3 is 6.03 Å². The Bertz CT molecular complexity index is 1530. The lowest BCUT2D eigenvalue weighted by molar-refractivity contribution is -0.130. The summed E-state index contributed by atoms with van der Waals surface area (Å²) in [5.74, 6) is 0.988. The highest BCUT2D eigenvalue weighted by atomic mass is 16.5. The zero-order valence-corrected chi connectivity index (χ0v) is 24.8. The molecule has 228 valence electrons. The number of nitrogens with two attached hydrogens (primary N) is 2. The number of hydrogen-bond acceptors (Lipinski definition) is 5. The molecule has 1 unspecified atom stereocenters. The minimum absolute atomic E-state index is 0.298. The Balaban J connectivity index is 1.51. The number of rotatable bonds is 13. The van der Waals surface area contributed by atoms with Crippen LogP contribution in [0.1, 0.15) is 47.9 Å². The van der Waals surface area contributed by atoms with E-state index in [1.165, 1.54) is 4.90 Å². The maximum absolute atomic E-state index is 12.9. The van der Waals surface area contributed by atoms with Crippen molar-refractivity contribution in [1.82, 2.24) is 4.90 Å². The average molecular weight is 594 g/mol. The largest absolute Gasteiger partial charge is 0.485 e. The van der Waals surface area contributed by atoms with Crippen LogP contribution in [0.3, 0.4) is 0 Å². The van der Waals surface area contributed by atoms with Gasteiger partial charge in [0.05, 0.1) is 0 Å². The van der Waals surface area contributed by atoms with Crippen molar-refractivity contribution in [3.63, 3.8) is 0 Å². The molecular formula is C36H39N3O5. The maximum Gasteiger partial charge on any atom is 0.315 e. The van der Waals surface area contributed by atoms with Crippen LogP contribution in [0.4, 0.5) is 4.79 Å². The molecule has 0 aromatic heterocycles. The first kappa shape index (κ1) is 30.5. The van der Waals surface area contributed by atoms with E-state index >= 15 is 0 Å². The molecule has 0 bridgehead atoms. The molecule has 3 amide bonds. The van der Waals surface area contributed by atoms with Gasteiger partial charge in [0.1, 0.15) is 25.4 Å². The van der Waals surface area contributed by atoms with E-state index in [0.717, 1.165) is 35.1 Å². The van der Waals surface area contributed by atoms with E-state index in [2.05, 4.69) is 0 Å². The Morgan fingerprint density at radius 1 is 0.659 bits per heavy atom. The molecule has 8 nitrogen and oxygen atoms in total. The van der Waals surface area contributed by atoms with Crippen LogP contribution in [-0.2, 0) is 31.0 Å². The lowest BCUT2D eigenvalue weighted by Gasteiger charge is -2.44. The van der Waals surface area contributed by atoms with Crippen LogP contribution in [0, 0.1) is 0 Å². The van der Waals surface area contributed by atoms with Gasteiger partial charge in [0, 0.05) is 6.54 Å². The Hall–Kier alpha value is -4.98. The van der Waals surface area contributed by atoms with Crippen LogP contribution in [0.15, 0.2) is 103 Å². The minimum Gasteiger partial charge on any atom is -0.485 e. The number of hydrogen-bond donors (Lipinski definition) is 2. The molecule has 4 N–H and O–H groups in total. The van der Waals surface area contributed by atoms with E-state index in [9.17, 15) is 9.59 Å². The van der Waals surface area contributed by atoms with E-state index < -0.39 is 17.5 Å². The molecule has 0 radical (unpaired) electrons. The van der Waals surface area contributed by atoms with E-state index in [1.54, 1.807) is 0 Å². The first-order valence-electron chi connectivity index (χ1n) is 15.0. The third kappa shape index (κ3) is 7.32. The number of benzene rings is 4. The molecule has 4 aromatic rings. The Labute approximate surface area is 258 Å². The lowest BCUT2D eigenvalue weighted by Crippen LogP contribution is -2.63. The summed E-state index contributed by atoms with van der Waals surface area (Å²) in [6.45, 7) is 1.34. The minimum atomic E-state index is -1.17. The smallest absolute Gasteiger partial charge is 0.315 e. The highest BCUT2D eigenvalue weighted by Gasteiger charge is 2.45. The van der Waals surface area contributed by atoms with Crippen LogP contribution in [-0.4, -0.2) is 28.9 Å². The zero-order chi connectivity index (χ0) is 30.8. The number of amides is 3. The SMILES string of the molecule is NC(=O)N1CCCCC1(CCc1ccc(OCc2ccccc2)c(OCc2ccccc2)c1OCc1ccccc1)C(N)=O. The number of urea groups is 1. The summed E-state index contributed by atoms with van der Waals surface area (Å²) in [6.07, 6.45) is 2.71. The highest BCUT2D eigenvalue weighted by Crippen LogP contribution is 2.43. The van der Waals surface area contributed by atoms with Crippen LogP contribution in [0.5, 0.6) is 17.2 Å². The Kier molecular flexibility index (Phi) is 10.0. The van der Waals surface area contributed by atoms with E-state index in [-0.39, 0.29) is 0 Å². The van der Waals surface area contributed by atoms with Crippen LogP contribution >= 0.6 is 0 Å². The highest BCUT2D eigenvalue weighted by molar-refractivity contribution is 5.89. The van der Waals surface area contributed by atoms with Crippen molar-refractivity contribution in [1.29, 1.82) is 0 Å². The van der Waals surface area contributed by atoms with E-state index in [4.69, 9.17) is 25.7 Å². The molecule has 1 aliphatic rings. The quantitative estimate of drug-likeness (QED) is 0.193. The van der Waals surface area contributed by atoms with Gasteiger partial charge in [-0.3, -0.25) is 4.79 Å². The Morgan fingerprint density at radius 3 is 1.70 bits per heavy atom. The third-order valence-corrected chi connectivity index (χ3v) is 8.12. The van der Waals surface area contributed by atoms with Crippen molar-refractivity contribution >= 4 is 11.9 Å². The predicted octanol–water partition coefficient (Wildman–Crippen LogP) is 6.14. The van der Waals surface area contributed by atoms with Gasteiger partial charge < -0.3 is 30.6 Å². The number of likely N-dealkylation sites (tertiary alicyclic amines) is 1. The van der Waals surface area contributed by atoms with Gasteiger partial charge in [-0.25, -0.2) is 4.79 Å². The fourth-order valence-electron chi connectivity index (χ4n) is 5.72. The molecule has 0 aliphatic carbocycles. The fraction of sp³-hybridized carbons (Fsp3) is 0.278. The molecule has 5 rings (SSSR count). The first-order chi connectivity index (χ1) is 21.5. The summed E-state index contributed by atoms with van der Waals surface area (Å²) < 4.78 is 19.3. The topological polar surface area (TPSA) is 117 Å². The number of nitrogens with zero attached hydrogens (tertiary/aromatic N) is 1. The number of carbonyl (C=O) groups is 2. The van der Waals surface area contributed by atoms with Gasteiger partial charge in [0.2, 0.25) is 11.7 Å². The first-order valence-corrected chi connectivity index (χ1v) is 15.0. The molecule has 1 saturated heterocycles. The summed E-state index contributed by atoms with van der Waals surface area (Å²) in [7, 11) is 0. The van der Waals surface area contributed by atoms with Gasteiger partial charge in [0.15, 0.2) is 11.5 Å². The van der Waals surface area contributed by atoms with Crippen molar-refractivity contribution in [2.75, 3.05) is 6.54 Å². The predicted molar refractivity (Wildman–Crippen MR) is 169 cm³/mol. The summed E-state index contributed by atoms with van der Waals surface area (Å²) in [5.41, 5.74) is 14.3. The van der Waals surface area contributed by atoms with Crippen molar-refractivity contribution in [2.24, 2.45) is 11.5 Å². The van der Waals surface area contributed by atoms with Crippen molar-refractivity contribution in [3.05, 3.63) is 125 Å². The monoisotopic (exact) mass is 593 g/mol.